The van der Waals surface area contributed by atoms with Gasteiger partial charge in [0.1, 0.15) is 61.4 Å². The molecule has 3 aromatic carbocycles. The number of aliphatic carboxylic acids is 2. The maximum absolute atomic E-state index is 13.8. The molecule has 40 heteroatoms. The summed E-state index contributed by atoms with van der Waals surface area (Å²) in [5, 5.41) is 36.8. The summed E-state index contributed by atoms with van der Waals surface area (Å²) in [6.45, 7) is 39.8. The summed E-state index contributed by atoms with van der Waals surface area (Å²) in [6.07, 6.45) is 6.69. The molecule has 3 aromatic rings. The van der Waals surface area contributed by atoms with E-state index in [-0.39, 0.29) is 89.8 Å². The number of amides is 6. The molecule has 6 aliphatic heterocycles. The third-order valence-corrected chi connectivity index (χ3v) is 23.9. The van der Waals surface area contributed by atoms with Crippen molar-refractivity contribution in [2.24, 2.45) is 16.2 Å². The van der Waals surface area contributed by atoms with Gasteiger partial charge in [0, 0.05) is 146 Å². The molecule has 6 saturated heterocycles. The third-order valence-electron chi connectivity index (χ3n) is 23.9. The molecule has 0 spiro atoms. The number of aliphatic hydroxyl groups is 1. The van der Waals surface area contributed by atoms with Crippen LogP contribution < -0.4 is 16.0 Å². The fourth-order valence-corrected chi connectivity index (χ4v) is 15.8. The first kappa shape index (κ1) is 120. The highest BCUT2D eigenvalue weighted by Gasteiger charge is 2.47. The van der Waals surface area contributed by atoms with Gasteiger partial charge in [0.25, 0.3) is 17.7 Å². The van der Waals surface area contributed by atoms with Crippen LogP contribution in [0.2, 0.25) is 0 Å². The molecular formula is C104H147N9O31. The van der Waals surface area contributed by atoms with Crippen molar-refractivity contribution in [3.05, 3.63) is 127 Å². The van der Waals surface area contributed by atoms with Gasteiger partial charge in [-0.3, -0.25) is 72.2 Å². The highest BCUT2D eigenvalue weighted by atomic mass is 16.6. The number of benzene rings is 3. The lowest BCUT2D eigenvalue weighted by Gasteiger charge is -2.36. The number of piperidine rings is 3. The number of hydrogen-bond donors (Lipinski definition) is 6. The zero-order valence-corrected chi connectivity index (χ0v) is 85.3. The van der Waals surface area contributed by atoms with Crippen LogP contribution in [-0.4, -0.2) is 319 Å². The number of carboxylic acid groups (broad SMARTS) is 2. The van der Waals surface area contributed by atoms with Crippen LogP contribution in [0.1, 0.15) is 234 Å². The molecule has 794 valence electrons. The Morgan fingerprint density at radius 2 is 0.681 bits per heavy atom. The molecule has 9 rings (SSSR count). The highest BCUT2D eigenvalue weighted by Crippen LogP contribution is 2.34. The lowest BCUT2D eigenvalue weighted by molar-refractivity contribution is -0.166. The number of anilines is 3. The van der Waals surface area contributed by atoms with Crippen molar-refractivity contribution in [3.8, 4) is 0 Å². The number of hydrogen-bond acceptors (Lipinski definition) is 32. The number of nitrogens with zero attached hydrogens (tertiary/aromatic N) is 6. The summed E-state index contributed by atoms with van der Waals surface area (Å²) >= 11 is 0. The van der Waals surface area contributed by atoms with Gasteiger partial charge in [-0.2, -0.15) is 0 Å². The number of nitrogens with one attached hydrogen (secondary N) is 3. The van der Waals surface area contributed by atoms with Gasteiger partial charge in [-0.1, -0.05) is 56.1 Å². The smallest absolute Gasteiger partial charge is 0.330 e. The summed E-state index contributed by atoms with van der Waals surface area (Å²) in [4.78, 5) is 233. The summed E-state index contributed by atoms with van der Waals surface area (Å²) in [6, 6.07) is 18.0. The SMILES string of the molecule is C=CC(=O)OCC(C)(C)C(=O)C(=O)N1CCCC[C@H]1C(=O)O.C=CC(=O)OCC(C)(C)C(=O)C(=O)N1CCCC[C@H]1C(=O)O[C@H](CCN1CCOCC1)c1cccc(NC(=O)CCC(=O)O)c1.C=CC(=O)OCC(C)(C)C(=O)C(=O)N1CCCC[C@H]1C(=O)O[C@H](CCN1CCOCC1)c1cccc(NC(=O)CCC(=O)OC(C)(C)C)c1.CC(C)(C)OC(=O)CCC(=O)Nc1cccc([C@H](O)CCN2CCOCC2)c1. The van der Waals surface area contributed by atoms with Crippen LogP contribution in [-0.2, 0) is 134 Å². The van der Waals surface area contributed by atoms with Gasteiger partial charge in [-0.15, -0.1) is 0 Å². The average Bonchev–Trinajstić information content (AvgIpc) is 0.809. The molecule has 0 unspecified atom stereocenters. The van der Waals surface area contributed by atoms with Crippen LogP contribution >= 0.6 is 0 Å². The minimum absolute atomic E-state index is 0.0327. The van der Waals surface area contributed by atoms with E-state index in [0.717, 1.165) is 87.7 Å². The highest BCUT2D eigenvalue weighted by molar-refractivity contribution is 6.39. The van der Waals surface area contributed by atoms with Crippen LogP contribution in [0.15, 0.2) is 111 Å². The van der Waals surface area contributed by atoms with Gasteiger partial charge >= 0.3 is 53.7 Å². The van der Waals surface area contributed by atoms with Crippen molar-refractivity contribution < 1.29 is 149 Å². The van der Waals surface area contributed by atoms with E-state index in [4.69, 9.17) is 57.6 Å². The number of ketones is 3. The monoisotopic (exact) mass is 2020 g/mol. The quantitative estimate of drug-likeness (QED) is 0.0133. The summed E-state index contributed by atoms with van der Waals surface area (Å²) in [5.41, 5.74) is -1.55. The molecule has 6 atom stereocenters. The van der Waals surface area contributed by atoms with E-state index in [1.807, 2.05) is 6.07 Å². The maximum Gasteiger partial charge on any atom is 0.330 e. The molecule has 6 amide bonds. The van der Waals surface area contributed by atoms with Crippen molar-refractivity contribution >= 4 is 124 Å². The summed E-state index contributed by atoms with van der Waals surface area (Å²) < 4.78 is 53.8. The predicted octanol–water partition coefficient (Wildman–Crippen LogP) is 9.54. The lowest BCUT2D eigenvalue weighted by atomic mass is 9.87. The molecule has 0 bridgehead atoms. The number of Topliss-reactive ketones (excluding diaryl/α,β-unsaturated/α-hetero) is 3. The molecule has 6 heterocycles. The van der Waals surface area contributed by atoms with E-state index in [1.165, 1.54) is 51.3 Å². The molecule has 0 saturated carbocycles. The Labute approximate surface area is 841 Å². The van der Waals surface area contributed by atoms with Crippen LogP contribution in [0, 0.1) is 16.2 Å². The van der Waals surface area contributed by atoms with E-state index < -0.39 is 159 Å². The van der Waals surface area contributed by atoms with Gasteiger partial charge in [-0.25, -0.2) is 28.8 Å². The predicted molar refractivity (Wildman–Crippen MR) is 526 cm³/mol. The number of carbonyl (C=O) groups is 18. The molecule has 40 nitrogen and oxygen atoms in total. The second-order valence-electron chi connectivity index (χ2n) is 39.6. The standard InChI is InChI=1S/C36H51N3O10.C32H43N3O10.C21H32N2O5.C15H21NO6/c1-7-30(41)47-24-36(5,6)32(43)33(44)39-17-9-8-13-27(39)34(45)48-28(16-18-38-19-21-46-22-20-38)25-11-10-12-26(23-25)37-29(40)14-15-31(42)49-35(2,3)4;1-4-28(39)44-21-32(2,3)29(40)30(41)35-14-6-5-10-24(35)31(42)45-25(13-15-34-16-18-43-19-17-34)22-8-7-9-23(20-22)33-26(36)11-12-27(37)38;1-21(2,3)28-20(26)8-7-19(25)22-17-6-4-5-16(15-17)18(24)9-10-23-11-13-27-14-12-23;1-4-11(17)22-9-15(2,3)12(18)13(19)16-8-6-5-7-10(16)14(20)21/h7,10-12,23,27-28H,1,8-9,13-22,24H2,2-6H3,(H,37,40);4,7-9,20,24-25H,1,5-6,10-19,21H2,2-3H3,(H,33,36)(H,37,38);4-6,15,18,24H,7-14H2,1-3H3,(H,22,25);4,10H,1,5-9H2,2-3H3,(H,20,21)/t27-,28+;24-,25+;18-;10-/m0010/s1. The molecule has 144 heavy (non-hydrogen) atoms. The molecule has 0 radical (unpaired) electrons. The Bertz CT molecular complexity index is 4920. The minimum atomic E-state index is -1.32. The second-order valence-corrected chi connectivity index (χ2v) is 39.6. The normalized spacial score (nSPS) is 17.6. The first-order chi connectivity index (χ1) is 67.9. The Kier molecular flexibility index (Phi) is 49.5. The van der Waals surface area contributed by atoms with Crippen molar-refractivity contribution in [3.63, 3.8) is 0 Å². The molecule has 0 aromatic heterocycles. The number of rotatable bonds is 44. The Morgan fingerprint density at radius 1 is 0.389 bits per heavy atom. The van der Waals surface area contributed by atoms with Crippen LogP contribution in [0.3, 0.4) is 0 Å². The van der Waals surface area contributed by atoms with E-state index in [9.17, 15) is 91.4 Å². The van der Waals surface area contributed by atoms with Crippen molar-refractivity contribution in [2.75, 3.05) is 154 Å². The molecule has 0 aliphatic carbocycles. The fourth-order valence-electron chi connectivity index (χ4n) is 15.8. The number of esters is 7. The number of morpholine rings is 3. The Morgan fingerprint density at radius 3 is 0.986 bits per heavy atom. The number of ether oxygens (including phenoxy) is 10. The number of carboxylic acids is 2. The van der Waals surface area contributed by atoms with E-state index in [1.54, 1.807) is 108 Å². The van der Waals surface area contributed by atoms with Crippen LogP contribution in [0.25, 0.3) is 0 Å². The summed E-state index contributed by atoms with van der Waals surface area (Å²) in [5.74, 6) is -12.4. The zero-order chi connectivity index (χ0) is 107. The third kappa shape index (κ3) is 42.5. The van der Waals surface area contributed by atoms with Crippen LogP contribution in [0.5, 0.6) is 0 Å². The first-order valence-electron chi connectivity index (χ1n) is 48.9. The average molecular weight is 2020 g/mol. The second kappa shape index (κ2) is 59.2. The van der Waals surface area contributed by atoms with Crippen molar-refractivity contribution in [1.82, 2.24) is 29.4 Å². The van der Waals surface area contributed by atoms with E-state index in [2.05, 4.69) is 50.4 Å². The molecule has 6 fully saturated rings. The number of likely N-dealkylation sites (tertiary alicyclic amines) is 3. The topological polar surface area (TPSA) is 516 Å². The van der Waals surface area contributed by atoms with Crippen LogP contribution in [0.4, 0.5) is 17.1 Å². The van der Waals surface area contributed by atoms with Gasteiger partial charge < -0.3 is 93.3 Å². The Hall–Kier alpha value is -12.3. The fraction of sp³-hybridized carbons (Fsp3) is 0.596. The number of aliphatic hydroxyl groups excluding tert-OH is 1. The maximum atomic E-state index is 13.8. The first-order valence-corrected chi connectivity index (χ1v) is 48.9. The Balaban J connectivity index is 0.000000307. The van der Waals surface area contributed by atoms with Gasteiger partial charge in [-0.05, 0) is 200 Å². The van der Waals surface area contributed by atoms with Gasteiger partial charge in [0.15, 0.2) is 0 Å². The van der Waals surface area contributed by atoms with Gasteiger partial charge in [0.2, 0.25) is 35.1 Å². The minimum Gasteiger partial charge on any atom is -0.481 e. The van der Waals surface area contributed by atoms with E-state index in [0.29, 0.717) is 145 Å². The largest absolute Gasteiger partial charge is 0.481 e. The van der Waals surface area contributed by atoms with Crippen molar-refractivity contribution in [1.29, 1.82) is 0 Å². The summed E-state index contributed by atoms with van der Waals surface area (Å²) in [7, 11) is 0. The molecule has 6 aliphatic rings. The van der Waals surface area contributed by atoms with E-state index >= 15 is 0 Å². The lowest BCUT2D eigenvalue weighted by Crippen LogP contribution is -2.53. The van der Waals surface area contributed by atoms with Gasteiger partial charge in [0.05, 0.1) is 81.3 Å². The molecule has 6 N–H and O–H groups in total. The zero-order valence-electron chi connectivity index (χ0n) is 85.3. The molecular weight excluding hydrogens is 1870 g/mol. The van der Waals surface area contributed by atoms with Crippen molar-refractivity contribution in [2.45, 2.75) is 246 Å². The number of carbonyl (C=O) groups excluding carboxylic acids is 16.